The number of anilines is 2. The van der Waals surface area contributed by atoms with Gasteiger partial charge in [0.2, 0.25) is 11.8 Å². The summed E-state index contributed by atoms with van der Waals surface area (Å²) < 4.78 is 0. The van der Waals surface area contributed by atoms with Gasteiger partial charge in [-0.1, -0.05) is 17.8 Å². The molecule has 3 amide bonds. The second-order valence-corrected chi connectivity index (χ2v) is 11.4. The number of hydrogen-bond acceptors (Lipinski definition) is 8. The number of likely N-dealkylation sites (tertiary alicyclic amines) is 1. The molecule has 0 unspecified atom stereocenters. The summed E-state index contributed by atoms with van der Waals surface area (Å²) in [6.45, 7) is 7.84. The quantitative estimate of drug-likeness (QED) is 0.243. The fourth-order valence-corrected chi connectivity index (χ4v) is 6.43. The summed E-state index contributed by atoms with van der Waals surface area (Å²) in [4.78, 5) is 42.3. The van der Waals surface area contributed by atoms with Gasteiger partial charge in [-0.05, 0) is 82.9 Å². The van der Waals surface area contributed by atoms with E-state index in [0.29, 0.717) is 42.7 Å². The monoisotopic (exact) mass is 553 g/mol. The van der Waals surface area contributed by atoms with E-state index >= 15 is 0 Å². The number of piperidine rings is 1. The molecule has 210 valence electrons. The summed E-state index contributed by atoms with van der Waals surface area (Å²) in [5.41, 5.74) is 1.47. The molecule has 3 saturated heterocycles. The van der Waals surface area contributed by atoms with Crippen LogP contribution in [0.25, 0.3) is 0 Å². The van der Waals surface area contributed by atoms with E-state index in [2.05, 4.69) is 26.2 Å². The molecule has 1 aromatic rings. The van der Waals surface area contributed by atoms with Crippen LogP contribution in [-0.4, -0.2) is 85.1 Å². The predicted octanol–water partition coefficient (Wildman–Crippen LogP) is 2.34. The minimum atomic E-state index is -0.473. The Hall–Kier alpha value is -3.07. The van der Waals surface area contributed by atoms with Crippen molar-refractivity contribution in [1.29, 1.82) is 5.26 Å². The highest BCUT2D eigenvalue weighted by atomic mass is 32.2. The molecule has 1 atom stereocenters. The Labute approximate surface area is 234 Å². The summed E-state index contributed by atoms with van der Waals surface area (Å²) in [6, 6.07) is 9.47. The Balaban J connectivity index is 1.32. The molecule has 3 heterocycles. The van der Waals surface area contributed by atoms with Gasteiger partial charge < -0.3 is 31.1 Å². The lowest BCUT2D eigenvalue weighted by Gasteiger charge is -2.23. The fraction of sp³-hybridized carbons (Fsp3) is 0.571. The molecule has 1 aromatic carbocycles. The van der Waals surface area contributed by atoms with Gasteiger partial charge in [0.05, 0.1) is 0 Å². The van der Waals surface area contributed by atoms with Crippen LogP contribution in [0.2, 0.25) is 0 Å². The Morgan fingerprint density at radius 2 is 1.90 bits per heavy atom. The Morgan fingerprint density at radius 3 is 2.62 bits per heavy atom. The van der Waals surface area contributed by atoms with Crippen LogP contribution in [0.1, 0.15) is 39.0 Å². The molecule has 0 bridgehead atoms. The standard InChI is InChI=1S/C28H39N7O3S/c1-2-35-27(38)24(39-28(35)23(17-29)26(37)32-18-20-8-11-30-12-9-20)19-31-21-6-5-7-22(16-21)33-25(36)10-15-34-13-3-4-14-34/h5-7,16,20,24,30-31H,2-4,8-15,18-19H2,1H3,(H,32,37)(H,33,36)/b28-23-/t24-/m1/s1. The number of rotatable bonds is 11. The maximum absolute atomic E-state index is 13.1. The van der Waals surface area contributed by atoms with E-state index in [1.165, 1.54) is 29.5 Å². The van der Waals surface area contributed by atoms with Crippen molar-refractivity contribution in [2.24, 2.45) is 5.92 Å². The number of nitriles is 1. The van der Waals surface area contributed by atoms with Crippen LogP contribution in [0.3, 0.4) is 0 Å². The number of carbonyl (C=O) groups is 3. The smallest absolute Gasteiger partial charge is 0.264 e. The average Bonchev–Trinajstić information content (AvgIpc) is 3.58. The van der Waals surface area contributed by atoms with Gasteiger partial charge in [0, 0.05) is 44.0 Å². The predicted molar refractivity (Wildman–Crippen MR) is 154 cm³/mol. The Bertz CT molecular complexity index is 1110. The third-order valence-corrected chi connectivity index (χ3v) is 8.71. The van der Waals surface area contributed by atoms with Gasteiger partial charge in [-0.2, -0.15) is 5.26 Å². The van der Waals surface area contributed by atoms with Crippen molar-refractivity contribution in [3.63, 3.8) is 0 Å². The minimum Gasteiger partial charge on any atom is -0.383 e. The molecule has 11 heteroatoms. The number of nitrogens with one attached hydrogen (secondary N) is 4. The average molecular weight is 554 g/mol. The Kier molecular flexibility index (Phi) is 10.6. The third-order valence-electron chi connectivity index (χ3n) is 7.41. The molecule has 4 rings (SSSR count). The van der Waals surface area contributed by atoms with Crippen molar-refractivity contribution in [3.05, 3.63) is 34.9 Å². The number of benzene rings is 1. The topological polar surface area (TPSA) is 130 Å². The number of amides is 3. The van der Waals surface area contributed by atoms with E-state index in [1.54, 1.807) is 0 Å². The lowest BCUT2D eigenvalue weighted by molar-refractivity contribution is -0.127. The van der Waals surface area contributed by atoms with Crippen LogP contribution in [-0.2, 0) is 14.4 Å². The maximum atomic E-state index is 13.1. The van der Waals surface area contributed by atoms with E-state index in [-0.39, 0.29) is 17.4 Å². The second kappa shape index (κ2) is 14.4. The van der Waals surface area contributed by atoms with E-state index in [4.69, 9.17) is 0 Å². The molecule has 39 heavy (non-hydrogen) atoms. The summed E-state index contributed by atoms with van der Waals surface area (Å²) in [6.07, 6.45) is 4.84. The van der Waals surface area contributed by atoms with Gasteiger partial charge in [-0.3, -0.25) is 14.4 Å². The van der Waals surface area contributed by atoms with Gasteiger partial charge in [0.25, 0.3) is 5.91 Å². The first kappa shape index (κ1) is 28.9. The first-order valence-electron chi connectivity index (χ1n) is 14.0. The van der Waals surface area contributed by atoms with E-state index < -0.39 is 11.2 Å². The molecule has 3 aliphatic heterocycles. The third kappa shape index (κ3) is 7.97. The van der Waals surface area contributed by atoms with Crippen LogP contribution >= 0.6 is 11.8 Å². The van der Waals surface area contributed by atoms with Gasteiger partial charge in [0.1, 0.15) is 21.9 Å². The zero-order valence-electron chi connectivity index (χ0n) is 22.6. The molecule has 0 aliphatic carbocycles. The summed E-state index contributed by atoms with van der Waals surface area (Å²) in [5.74, 6) is -0.180. The summed E-state index contributed by atoms with van der Waals surface area (Å²) in [5, 5.41) is 22.2. The van der Waals surface area contributed by atoms with Crippen LogP contribution in [0.4, 0.5) is 11.4 Å². The van der Waals surface area contributed by atoms with Gasteiger partial charge in [-0.15, -0.1) is 0 Å². The number of carbonyl (C=O) groups excluding carboxylic acids is 3. The van der Waals surface area contributed by atoms with Crippen molar-refractivity contribution in [1.82, 2.24) is 20.4 Å². The SMILES string of the molecule is CCN1C(=O)[C@@H](CNc2cccc(NC(=O)CCN3CCCC3)c2)S/C1=C(/C#N)C(=O)NCC1CCNCC1. The summed E-state index contributed by atoms with van der Waals surface area (Å²) >= 11 is 1.25. The molecule has 0 saturated carbocycles. The lowest BCUT2D eigenvalue weighted by atomic mass is 9.98. The largest absolute Gasteiger partial charge is 0.383 e. The molecule has 3 fully saturated rings. The van der Waals surface area contributed by atoms with E-state index in [1.807, 2.05) is 37.3 Å². The molecule has 10 nitrogen and oxygen atoms in total. The van der Waals surface area contributed by atoms with Gasteiger partial charge in [0.15, 0.2) is 0 Å². The molecule has 0 aromatic heterocycles. The van der Waals surface area contributed by atoms with Gasteiger partial charge in [-0.25, -0.2) is 0 Å². The zero-order chi connectivity index (χ0) is 27.6. The molecule has 3 aliphatic rings. The van der Waals surface area contributed by atoms with E-state index in [9.17, 15) is 19.6 Å². The van der Waals surface area contributed by atoms with Crippen molar-refractivity contribution >= 4 is 40.9 Å². The number of hydrogen-bond donors (Lipinski definition) is 4. The summed E-state index contributed by atoms with van der Waals surface area (Å²) in [7, 11) is 0. The first-order valence-corrected chi connectivity index (χ1v) is 14.8. The first-order chi connectivity index (χ1) is 19.0. The van der Waals surface area contributed by atoms with Crippen molar-refractivity contribution in [2.45, 2.75) is 44.3 Å². The molecule has 0 radical (unpaired) electrons. The lowest BCUT2D eigenvalue weighted by Crippen LogP contribution is -2.37. The van der Waals surface area contributed by atoms with Crippen LogP contribution in [0, 0.1) is 17.2 Å². The second-order valence-electron chi connectivity index (χ2n) is 10.2. The van der Waals surface area contributed by atoms with Crippen molar-refractivity contribution < 1.29 is 14.4 Å². The number of thioether (sulfide) groups is 1. The fourth-order valence-electron chi connectivity index (χ4n) is 5.16. The Morgan fingerprint density at radius 1 is 1.15 bits per heavy atom. The van der Waals surface area contributed by atoms with Crippen LogP contribution in [0.15, 0.2) is 34.9 Å². The highest BCUT2D eigenvalue weighted by molar-refractivity contribution is 8.04. The van der Waals surface area contributed by atoms with E-state index in [0.717, 1.165) is 51.3 Å². The van der Waals surface area contributed by atoms with Crippen LogP contribution < -0.4 is 21.3 Å². The van der Waals surface area contributed by atoms with Crippen molar-refractivity contribution in [3.8, 4) is 6.07 Å². The van der Waals surface area contributed by atoms with Crippen molar-refractivity contribution in [2.75, 3.05) is 63.0 Å². The molecule has 0 spiro atoms. The molecular formula is C28H39N7O3S. The highest BCUT2D eigenvalue weighted by Gasteiger charge is 2.39. The normalized spacial score (nSPS) is 21.5. The van der Waals surface area contributed by atoms with Gasteiger partial charge >= 0.3 is 0 Å². The molecular weight excluding hydrogens is 514 g/mol. The zero-order valence-corrected chi connectivity index (χ0v) is 23.4. The highest BCUT2D eigenvalue weighted by Crippen LogP contribution is 2.37. The van der Waals surface area contributed by atoms with Crippen LogP contribution in [0.5, 0.6) is 0 Å². The number of nitrogens with zero attached hydrogens (tertiary/aromatic N) is 3. The minimum absolute atomic E-state index is 0.00901. The maximum Gasteiger partial charge on any atom is 0.264 e. The molecule has 4 N–H and O–H groups in total.